The van der Waals surface area contributed by atoms with Crippen LogP contribution in [0.4, 0.5) is 0 Å². The van der Waals surface area contributed by atoms with Crippen LogP contribution in [-0.4, -0.2) is 27.4 Å². The molecule has 45 heavy (non-hydrogen) atoms. The summed E-state index contributed by atoms with van der Waals surface area (Å²) < 4.78 is 0. The Bertz CT molecular complexity index is 1280. The Kier molecular flexibility index (Phi) is 13.3. The zero-order chi connectivity index (χ0) is 31.2. The minimum absolute atomic E-state index is 0. The van der Waals surface area contributed by atoms with Crippen molar-refractivity contribution >= 4 is 10.8 Å². The summed E-state index contributed by atoms with van der Waals surface area (Å²) in [6, 6.07) is 20.4. The molecule has 1 aromatic heterocycles. The van der Waals surface area contributed by atoms with Gasteiger partial charge in [0.05, 0.1) is 12.2 Å². The van der Waals surface area contributed by atoms with E-state index in [0.29, 0.717) is 5.92 Å². The smallest absolute Gasteiger partial charge is 0.0651 e. The summed E-state index contributed by atoms with van der Waals surface area (Å²) in [6.07, 6.45) is 19.4. The second-order valence-corrected chi connectivity index (χ2v) is 14.4. The molecular weight excluding hydrogens is 731 g/mol. The van der Waals surface area contributed by atoms with Crippen LogP contribution in [0.3, 0.4) is 0 Å². The van der Waals surface area contributed by atoms with E-state index >= 15 is 0 Å². The van der Waals surface area contributed by atoms with E-state index in [4.69, 9.17) is 0 Å². The van der Waals surface area contributed by atoms with Crippen molar-refractivity contribution < 1.29 is 30.3 Å². The molecule has 3 aliphatic carbocycles. The van der Waals surface area contributed by atoms with E-state index in [-0.39, 0.29) is 49.1 Å². The number of fused-ring (bicyclic) bond motifs is 2. The number of hydrogen-bond donors (Lipinski definition) is 2. The average molecular weight is 789 g/mol. The molecule has 0 bridgehead atoms. The van der Waals surface area contributed by atoms with Gasteiger partial charge in [0, 0.05) is 32.2 Å². The first-order valence-corrected chi connectivity index (χ1v) is 18.1. The SMILES string of the molecule is CCC1(CC)CCCC2CCCC(CC)(CC)C(O)C2C1O.[Ir].[c-]1ccccc1-c1cc2ccc(C3CCCCC3)cc2cn1. The molecule has 3 aromatic rings. The number of benzene rings is 2. The van der Waals surface area contributed by atoms with Gasteiger partial charge >= 0.3 is 0 Å². The molecule has 0 spiro atoms. The fraction of sp³-hybridized carbons (Fsp3) is 0.634. The zero-order valence-electron chi connectivity index (χ0n) is 28.4. The van der Waals surface area contributed by atoms with Gasteiger partial charge in [-0.15, -0.1) is 35.9 Å². The molecule has 2 unspecified atom stereocenters. The first kappa shape index (κ1) is 36.3. The van der Waals surface area contributed by atoms with Gasteiger partial charge in [-0.1, -0.05) is 78.0 Å². The molecule has 249 valence electrons. The van der Waals surface area contributed by atoms with E-state index in [1.54, 1.807) is 0 Å². The maximum atomic E-state index is 11.4. The second-order valence-electron chi connectivity index (χ2n) is 14.4. The third kappa shape index (κ3) is 7.77. The van der Waals surface area contributed by atoms with E-state index in [9.17, 15) is 10.2 Å². The van der Waals surface area contributed by atoms with Crippen molar-refractivity contribution in [1.29, 1.82) is 0 Å². The quantitative estimate of drug-likeness (QED) is 0.245. The third-order valence-electron chi connectivity index (χ3n) is 12.7. The number of rotatable bonds is 6. The van der Waals surface area contributed by atoms with Crippen LogP contribution in [0.5, 0.6) is 0 Å². The minimum Gasteiger partial charge on any atom is -0.392 e. The molecule has 3 saturated carbocycles. The van der Waals surface area contributed by atoms with E-state index in [1.165, 1.54) is 74.1 Å². The van der Waals surface area contributed by atoms with Gasteiger partial charge in [-0.3, -0.25) is 0 Å². The fourth-order valence-electron chi connectivity index (χ4n) is 9.36. The number of nitrogens with zero attached hydrogens (tertiary/aromatic N) is 1. The number of aliphatic hydroxyl groups excluding tert-OH is 2. The van der Waals surface area contributed by atoms with Crippen molar-refractivity contribution in [2.75, 3.05) is 0 Å². The van der Waals surface area contributed by atoms with Crippen molar-refractivity contribution in [3.8, 4) is 11.3 Å². The van der Waals surface area contributed by atoms with Gasteiger partial charge in [-0.25, -0.2) is 0 Å². The van der Waals surface area contributed by atoms with Crippen LogP contribution >= 0.6 is 0 Å². The van der Waals surface area contributed by atoms with E-state index in [2.05, 4.69) is 69.1 Å². The Balaban J connectivity index is 0.000000200. The van der Waals surface area contributed by atoms with E-state index < -0.39 is 0 Å². The van der Waals surface area contributed by atoms with Gasteiger partial charge in [0.2, 0.25) is 0 Å². The molecule has 0 aliphatic heterocycles. The van der Waals surface area contributed by atoms with Crippen LogP contribution in [0.2, 0.25) is 0 Å². The molecule has 6 rings (SSSR count). The van der Waals surface area contributed by atoms with Crippen molar-refractivity contribution in [1.82, 2.24) is 4.98 Å². The van der Waals surface area contributed by atoms with E-state index in [1.807, 2.05) is 24.4 Å². The first-order chi connectivity index (χ1) is 21.4. The summed E-state index contributed by atoms with van der Waals surface area (Å²) in [5.74, 6) is 1.36. The molecule has 0 saturated heterocycles. The Labute approximate surface area is 287 Å². The monoisotopic (exact) mass is 789 g/mol. The second kappa shape index (κ2) is 16.5. The van der Waals surface area contributed by atoms with Crippen LogP contribution in [0.25, 0.3) is 22.0 Å². The topological polar surface area (TPSA) is 53.4 Å². The normalized spacial score (nSPS) is 26.4. The average Bonchev–Trinajstić information content (AvgIpc) is 3.32. The molecule has 1 heterocycles. The van der Waals surface area contributed by atoms with E-state index in [0.717, 1.165) is 55.7 Å². The molecule has 2 aromatic carbocycles. The molecule has 0 amide bonds. The number of pyridine rings is 1. The summed E-state index contributed by atoms with van der Waals surface area (Å²) in [7, 11) is 0. The van der Waals surface area contributed by atoms with Crippen LogP contribution in [0, 0.1) is 28.7 Å². The van der Waals surface area contributed by atoms with Gasteiger partial charge in [0.1, 0.15) is 0 Å². The maximum absolute atomic E-state index is 11.4. The summed E-state index contributed by atoms with van der Waals surface area (Å²) in [5.41, 5.74) is 3.60. The molecule has 2 N–H and O–H groups in total. The molecular formula is C41H58IrNO2-. The van der Waals surface area contributed by atoms with Gasteiger partial charge in [-0.2, -0.15) is 0 Å². The van der Waals surface area contributed by atoms with Crippen molar-refractivity contribution in [2.45, 2.75) is 142 Å². The van der Waals surface area contributed by atoms with Crippen molar-refractivity contribution in [3.05, 3.63) is 66.4 Å². The van der Waals surface area contributed by atoms with Crippen LogP contribution < -0.4 is 0 Å². The molecule has 4 heteroatoms. The Morgan fingerprint density at radius 1 is 0.733 bits per heavy atom. The number of aromatic nitrogens is 1. The predicted octanol–water partition coefficient (Wildman–Crippen LogP) is 10.7. The Morgan fingerprint density at radius 3 is 1.91 bits per heavy atom. The van der Waals surface area contributed by atoms with Gasteiger partial charge in [0.25, 0.3) is 0 Å². The zero-order valence-corrected chi connectivity index (χ0v) is 30.8. The molecule has 3 nitrogen and oxygen atoms in total. The molecule has 1 radical (unpaired) electrons. The van der Waals surface area contributed by atoms with Crippen LogP contribution in [-0.2, 0) is 20.1 Å². The Hall–Kier alpha value is -1.58. The minimum atomic E-state index is -0.333. The standard InChI is InChI=1S/C21H20N.C20H38O2.Ir/c1-3-7-16(8-4-1)18-11-12-19-14-21(22-15-20(19)13-18)17-9-5-2-6-10-17;1-5-19(6-2)13-9-11-15-12-10-14-20(7-3,8-4)18(22)16(15)17(19)21;/h2,5-6,9,11-16H,1,3-4,7-8H2;15-18,21-22H,5-14H2,1-4H3;/q-1;;. The number of aliphatic hydroxyl groups is 2. The van der Waals surface area contributed by atoms with Crippen LogP contribution in [0.15, 0.2) is 54.7 Å². The molecule has 2 atom stereocenters. The summed E-state index contributed by atoms with van der Waals surface area (Å²) in [5, 5.41) is 25.2. The largest absolute Gasteiger partial charge is 0.392 e. The maximum Gasteiger partial charge on any atom is 0.0651 e. The van der Waals surface area contributed by atoms with Gasteiger partial charge < -0.3 is 15.2 Å². The summed E-state index contributed by atoms with van der Waals surface area (Å²) in [4.78, 5) is 4.63. The summed E-state index contributed by atoms with van der Waals surface area (Å²) >= 11 is 0. The van der Waals surface area contributed by atoms with Gasteiger partial charge in [-0.05, 0) is 115 Å². The third-order valence-corrected chi connectivity index (χ3v) is 12.7. The first-order valence-electron chi connectivity index (χ1n) is 18.1. The van der Waals surface area contributed by atoms with Gasteiger partial charge in [0.15, 0.2) is 0 Å². The van der Waals surface area contributed by atoms with Crippen molar-refractivity contribution in [2.24, 2.45) is 22.7 Å². The predicted molar refractivity (Wildman–Crippen MR) is 185 cm³/mol. The molecule has 3 fully saturated rings. The van der Waals surface area contributed by atoms with Crippen molar-refractivity contribution in [3.63, 3.8) is 0 Å². The molecule has 3 aliphatic rings. The number of hydrogen-bond acceptors (Lipinski definition) is 3. The fourth-order valence-corrected chi connectivity index (χ4v) is 9.36. The summed E-state index contributed by atoms with van der Waals surface area (Å²) in [6.45, 7) is 8.90. The van der Waals surface area contributed by atoms with Crippen LogP contribution in [0.1, 0.15) is 135 Å². The Morgan fingerprint density at radius 2 is 1.36 bits per heavy atom.